The Labute approximate surface area is 187 Å². The van der Waals surface area contributed by atoms with E-state index in [0.717, 1.165) is 54.7 Å². The number of nitrogens with one attached hydrogen (secondary N) is 1. The molecule has 1 unspecified atom stereocenters. The van der Waals surface area contributed by atoms with Crippen molar-refractivity contribution in [2.45, 2.75) is 37.6 Å². The van der Waals surface area contributed by atoms with E-state index in [2.05, 4.69) is 14.7 Å². The van der Waals surface area contributed by atoms with Crippen LogP contribution in [0.15, 0.2) is 48.5 Å². The minimum absolute atomic E-state index is 0.0640. The molecule has 0 spiro atoms. The molecule has 2 aromatic heterocycles. The zero-order valence-corrected chi connectivity index (χ0v) is 17.7. The van der Waals surface area contributed by atoms with Gasteiger partial charge in [0.1, 0.15) is 12.6 Å². The first-order valence-electron chi connectivity index (χ1n) is 11.1. The molecule has 3 atom stereocenters. The van der Waals surface area contributed by atoms with Crippen LogP contribution < -0.4 is 5.32 Å². The Kier molecular flexibility index (Phi) is 2.78. The molecule has 0 aliphatic carbocycles. The maximum absolute atomic E-state index is 13.2. The molecule has 7 heteroatoms. The second-order valence-corrected chi connectivity index (χ2v) is 9.41. The van der Waals surface area contributed by atoms with Gasteiger partial charge in [-0.1, -0.05) is 36.4 Å². The summed E-state index contributed by atoms with van der Waals surface area (Å²) in [5.41, 5.74) is 2.30. The Morgan fingerprint density at radius 1 is 1.09 bits per heavy atom. The molecule has 1 fully saturated rings. The molecular weight excluding hydrogens is 416 g/mol. The first kappa shape index (κ1) is 17.7. The Morgan fingerprint density at radius 2 is 1.79 bits per heavy atom. The molecule has 3 aromatic carbocycles. The molecule has 33 heavy (non-hydrogen) atoms. The van der Waals surface area contributed by atoms with Gasteiger partial charge in [-0.05, 0) is 24.6 Å². The van der Waals surface area contributed by atoms with E-state index >= 15 is 0 Å². The quantitative estimate of drug-likeness (QED) is 0.356. The lowest BCUT2D eigenvalue weighted by Gasteiger charge is -2.31. The highest BCUT2D eigenvalue weighted by atomic mass is 16.6. The number of hydrogen-bond acceptors (Lipinski definition) is 3. The monoisotopic (exact) mass is 434 g/mol. The summed E-state index contributed by atoms with van der Waals surface area (Å²) in [5.74, 6) is -0.0640. The summed E-state index contributed by atoms with van der Waals surface area (Å²) in [6.07, 6.45) is -0.404. The number of hydrogen-bond donors (Lipinski definition) is 2. The molecule has 1 saturated heterocycles. The molecule has 0 saturated carbocycles. The third-order valence-corrected chi connectivity index (χ3v) is 7.98. The summed E-state index contributed by atoms with van der Waals surface area (Å²) in [7, 11) is 0. The summed E-state index contributed by atoms with van der Waals surface area (Å²) in [4.78, 5) is 16.9. The lowest BCUT2D eigenvalue weighted by molar-refractivity contribution is -0.160. The van der Waals surface area contributed by atoms with Gasteiger partial charge in [0.15, 0.2) is 0 Å². The maximum atomic E-state index is 13.2. The van der Waals surface area contributed by atoms with E-state index in [1.807, 2.05) is 60.0 Å². The summed E-state index contributed by atoms with van der Waals surface area (Å²) < 4.78 is 10.7. The first-order chi connectivity index (χ1) is 16.0. The van der Waals surface area contributed by atoms with Gasteiger partial charge in [-0.3, -0.25) is 9.64 Å². The highest BCUT2D eigenvalue weighted by Gasteiger charge is 2.67. The van der Waals surface area contributed by atoms with Gasteiger partial charge in [-0.2, -0.15) is 0 Å². The van der Waals surface area contributed by atoms with Gasteiger partial charge in [0.05, 0.1) is 27.6 Å². The van der Waals surface area contributed by atoms with Crippen molar-refractivity contribution >= 4 is 49.5 Å². The minimum Gasteiger partial charge on any atom is -0.348 e. The lowest BCUT2D eigenvalue weighted by atomic mass is 9.96. The molecule has 1 amide bonds. The van der Waals surface area contributed by atoms with E-state index < -0.39 is 17.7 Å². The van der Waals surface area contributed by atoms with Crippen molar-refractivity contribution in [3.8, 4) is 0 Å². The highest BCUT2D eigenvalue weighted by molar-refractivity contribution is 6.31. The summed E-state index contributed by atoms with van der Waals surface area (Å²) in [6.45, 7) is 10.2. The molecule has 2 N–H and O–H groups in total. The fourth-order valence-electron chi connectivity index (χ4n) is 6.58. The predicted octanol–water partition coefficient (Wildman–Crippen LogP) is 4.36. The van der Waals surface area contributed by atoms with Crippen LogP contribution in [0.5, 0.6) is 0 Å². The second kappa shape index (κ2) is 5.20. The van der Waals surface area contributed by atoms with Crippen LogP contribution in [-0.4, -0.2) is 25.9 Å². The van der Waals surface area contributed by atoms with Gasteiger partial charge < -0.3 is 24.3 Å². The number of carbonyl (C=O) groups is 1. The number of para-hydroxylation sites is 2. The number of rotatable bonds is 0. The first-order valence-corrected chi connectivity index (χ1v) is 11.1. The molecular formula is C26H18N4O3. The fraction of sp³-hybridized carbons (Fsp3) is 0.231. The van der Waals surface area contributed by atoms with Crippen LogP contribution >= 0.6 is 0 Å². The normalized spacial score (nSPS) is 27.5. The fourth-order valence-corrected chi connectivity index (χ4v) is 6.58. The summed E-state index contributed by atoms with van der Waals surface area (Å²) >= 11 is 0. The standard InChI is InChI=1S/C26H18N4O3/c1-25-26(32,27-2)11-18(33-25)29-16-9-5-3-7-13(16)20-21-15(12-28-24(21)31)19-14-8-4-6-10-17(14)30(25)23(19)22(20)29/h3-10,18,32H,11-12H2,1H3,(H,28,31)/t18?,25-,26-/m0/s1. The van der Waals surface area contributed by atoms with Crippen LogP contribution in [0.25, 0.3) is 48.5 Å². The van der Waals surface area contributed by atoms with Crippen molar-refractivity contribution in [2.24, 2.45) is 0 Å². The molecule has 3 aliphatic heterocycles. The van der Waals surface area contributed by atoms with E-state index in [1.165, 1.54) is 0 Å². The van der Waals surface area contributed by atoms with E-state index in [-0.39, 0.29) is 12.3 Å². The van der Waals surface area contributed by atoms with Crippen LogP contribution in [-0.2, 0) is 17.0 Å². The predicted molar refractivity (Wildman–Crippen MR) is 124 cm³/mol. The average molecular weight is 434 g/mol. The van der Waals surface area contributed by atoms with Gasteiger partial charge in [0.25, 0.3) is 11.6 Å². The molecule has 5 heterocycles. The van der Waals surface area contributed by atoms with Gasteiger partial charge in [0, 0.05) is 28.1 Å². The second-order valence-electron chi connectivity index (χ2n) is 9.41. The average Bonchev–Trinajstić information content (AvgIpc) is 3.51. The van der Waals surface area contributed by atoms with Crippen molar-refractivity contribution < 1.29 is 14.6 Å². The maximum Gasteiger partial charge on any atom is 0.386 e. The largest absolute Gasteiger partial charge is 0.386 e. The highest BCUT2D eigenvalue weighted by Crippen LogP contribution is 2.57. The number of nitrogens with zero attached hydrogens (tertiary/aromatic N) is 3. The topological polar surface area (TPSA) is 72.8 Å². The van der Waals surface area contributed by atoms with Crippen molar-refractivity contribution in [1.29, 1.82) is 0 Å². The third kappa shape index (κ3) is 1.68. The Bertz CT molecular complexity index is 1810. The van der Waals surface area contributed by atoms with Crippen LogP contribution in [0.1, 0.15) is 35.5 Å². The third-order valence-electron chi connectivity index (χ3n) is 7.98. The number of amides is 1. The van der Waals surface area contributed by atoms with Crippen molar-refractivity contribution in [1.82, 2.24) is 14.5 Å². The van der Waals surface area contributed by atoms with Gasteiger partial charge in [-0.25, -0.2) is 6.57 Å². The van der Waals surface area contributed by atoms with Crippen LogP contribution in [0.3, 0.4) is 0 Å². The zero-order chi connectivity index (χ0) is 22.3. The van der Waals surface area contributed by atoms with Gasteiger partial charge >= 0.3 is 5.72 Å². The molecule has 3 aliphatic rings. The van der Waals surface area contributed by atoms with E-state index in [4.69, 9.17) is 11.3 Å². The number of ether oxygens (including phenoxy) is 1. The summed E-state index contributed by atoms with van der Waals surface area (Å²) in [5, 5.41) is 18.5. The molecule has 8 rings (SSSR count). The molecule has 5 aromatic rings. The zero-order valence-electron chi connectivity index (χ0n) is 17.7. The van der Waals surface area contributed by atoms with Crippen molar-refractivity contribution in [3.05, 3.63) is 71.1 Å². The Morgan fingerprint density at radius 3 is 2.55 bits per heavy atom. The van der Waals surface area contributed by atoms with Crippen molar-refractivity contribution in [3.63, 3.8) is 0 Å². The minimum atomic E-state index is -1.74. The number of benzene rings is 3. The number of fused-ring (bicyclic) bond motifs is 13. The molecule has 0 radical (unpaired) electrons. The van der Waals surface area contributed by atoms with Crippen molar-refractivity contribution in [2.75, 3.05) is 0 Å². The van der Waals surface area contributed by atoms with E-state index in [0.29, 0.717) is 6.54 Å². The Hall–Kier alpha value is -3.86. The summed E-state index contributed by atoms with van der Waals surface area (Å²) in [6, 6.07) is 16.0. The molecule has 160 valence electrons. The SMILES string of the molecule is [C-]#[N+][C@]1(O)CC2O[C@]1(C)n1c3ccccc3c3c4c(c5c6ccccc6n2c5c31)C(=O)NC4. The molecule has 7 nitrogen and oxygen atoms in total. The van der Waals surface area contributed by atoms with E-state index in [1.54, 1.807) is 0 Å². The van der Waals surface area contributed by atoms with Crippen LogP contribution in [0.2, 0.25) is 0 Å². The smallest absolute Gasteiger partial charge is 0.348 e. The number of carbonyl (C=O) groups excluding carboxylic acids is 1. The van der Waals surface area contributed by atoms with E-state index in [9.17, 15) is 9.90 Å². The van der Waals surface area contributed by atoms with Gasteiger partial charge in [0.2, 0.25) is 0 Å². The Balaban J connectivity index is 1.79. The lowest BCUT2D eigenvalue weighted by Crippen LogP contribution is -2.48. The van der Waals surface area contributed by atoms with Crippen LogP contribution in [0.4, 0.5) is 0 Å². The number of aliphatic hydroxyl groups is 1. The van der Waals surface area contributed by atoms with Crippen LogP contribution in [0, 0.1) is 6.57 Å². The van der Waals surface area contributed by atoms with Gasteiger partial charge in [-0.15, -0.1) is 0 Å². The number of aromatic nitrogens is 2. The molecule has 2 bridgehead atoms.